The number of rotatable bonds is 3. The molecule has 1 unspecified atom stereocenters. The van der Waals surface area contributed by atoms with Crippen molar-refractivity contribution in [1.29, 1.82) is 0 Å². The summed E-state index contributed by atoms with van der Waals surface area (Å²) in [5, 5.41) is 5.52. The molecule has 21 heavy (non-hydrogen) atoms. The van der Waals surface area contributed by atoms with Crippen molar-refractivity contribution in [3.63, 3.8) is 0 Å². The molecule has 0 aliphatic rings. The molecule has 2 rings (SSSR count). The average Bonchev–Trinajstić information content (AvgIpc) is 2.87. The summed E-state index contributed by atoms with van der Waals surface area (Å²) in [7, 11) is 1.58. The lowest BCUT2D eigenvalue weighted by Crippen LogP contribution is -2.28. The van der Waals surface area contributed by atoms with E-state index < -0.39 is 40.9 Å². The SMILES string of the molecule is Cn1cc(C(N)C(=O)Nc2c(F)c(F)cc(F)c2F)cn1. The fraction of sp³-hybridized carbons (Fsp3) is 0.167. The number of hydrogen-bond acceptors (Lipinski definition) is 3. The number of benzene rings is 1. The van der Waals surface area contributed by atoms with Gasteiger partial charge in [-0.3, -0.25) is 9.48 Å². The van der Waals surface area contributed by atoms with Crippen LogP contribution in [0.4, 0.5) is 23.2 Å². The van der Waals surface area contributed by atoms with Crippen molar-refractivity contribution < 1.29 is 22.4 Å². The second-order valence-corrected chi connectivity index (χ2v) is 4.26. The summed E-state index contributed by atoms with van der Waals surface area (Å²) in [6.45, 7) is 0. The number of nitrogens with one attached hydrogen (secondary N) is 1. The lowest BCUT2D eigenvalue weighted by Gasteiger charge is -2.12. The first-order valence-corrected chi connectivity index (χ1v) is 5.69. The second-order valence-electron chi connectivity index (χ2n) is 4.26. The lowest BCUT2D eigenvalue weighted by molar-refractivity contribution is -0.117. The molecule has 1 aromatic carbocycles. The Labute approximate surface area is 116 Å². The van der Waals surface area contributed by atoms with Gasteiger partial charge in [0.1, 0.15) is 11.7 Å². The Hall–Kier alpha value is -2.42. The number of anilines is 1. The Bertz CT molecular complexity index is 675. The molecule has 0 saturated heterocycles. The van der Waals surface area contributed by atoms with E-state index in [0.717, 1.165) is 0 Å². The predicted octanol–water partition coefficient (Wildman–Crippen LogP) is 1.61. The van der Waals surface area contributed by atoms with Crippen molar-refractivity contribution in [3.8, 4) is 0 Å². The zero-order chi connectivity index (χ0) is 15.7. The predicted molar refractivity (Wildman–Crippen MR) is 65.0 cm³/mol. The van der Waals surface area contributed by atoms with Gasteiger partial charge in [0, 0.05) is 24.9 Å². The monoisotopic (exact) mass is 302 g/mol. The molecule has 0 radical (unpaired) electrons. The summed E-state index contributed by atoms with van der Waals surface area (Å²) in [4.78, 5) is 11.8. The maximum Gasteiger partial charge on any atom is 0.246 e. The Kier molecular flexibility index (Phi) is 3.94. The molecular weight excluding hydrogens is 292 g/mol. The molecule has 0 fully saturated rings. The summed E-state index contributed by atoms with van der Waals surface area (Å²) in [5.41, 5.74) is 4.62. The highest BCUT2D eigenvalue weighted by Gasteiger charge is 2.24. The van der Waals surface area contributed by atoms with Gasteiger partial charge in [-0.15, -0.1) is 0 Å². The van der Waals surface area contributed by atoms with Crippen molar-refractivity contribution in [1.82, 2.24) is 9.78 Å². The number of nitrogens with zero attached hydrogens (tertiary/aromatic N) is 2. The standard InChI is InChI=1S/C12H10F4N4O/c1-20-4-5(3-18-20)10(17)12(21)19-11-8(15)6(13)2-7(14)9(11)16/h2-4,10H,17H2,1H3,(H,19,21). The molecule has 5 nitrogen and oxygen atoms in total. The minimum absolute atomic E-state index is 0.0430. The number of nitrogens with two attached hydrogens (primary N) is 1. The smallest absolute Gasteiger partial charge is 0.246 e. The van der Waals surface area contributed by atoms with E-state index in [-0.39, 0.29) is 11.6 Å². The van der Waals surface area contributed by atoms with Crippen LogP contribution in [0.3, 0.4) is 0 Å². The molecule has 1 aromatic heterocycles. The third-order valence-corrected chi connectivity index (χ3v) is 2.73. The van der Waals surface area contributed by atoms with Gasteiger partial charge >= 0.3 is 0 Å². The lowest BCUT2D eigenvalue weighted by atomic mass is 10.1. The van der Waals surface area contributed by atoms with Crippen molar-refractivity contribution in [2.45, 2.75) is 6.04 Å². The molecule has 112 valence electrons. The third-order valence-electron chi connectivity index (χ3n) is 2.73. The van der Waals surface area contributed by atoms with Crippen molar-refractivity contribution in [3.05, 3.63) is 47.3 Å². The number of carbonyl (C=O) groups excluding carboxylic acids is 1. The van der Waals surface area contributed by atoms with E-state index in [1.54, 1.807) is 12.4 Å². The van der Waals surface area contributed by atoms with Gasteiger partial charge in [0.15, 0.2) is 23.3 Å². The number of aromatic nitrogens is 2. The highest BCUT2D eigenvalue weighted by molar-refractivity contribution is 5.95. The topological polar surface area (TPSA) is 72.9 Å². The molecule has 0 aliphatic heterocycles. The van der Waals surface area contributed by atoms with E-state index in [1.165, 1.54) is 17.1 Å². The number of amides is 1. The molecule has 1 amide bonds. The van der Waals surface area contributed by atoms with E-state index in [1.807, 2.05) is 0 Å². The van der Waals surface area contributed by atoms with E-state index in [0.29, 0.717) is 0 Å². The van der Waals surface area contributed by atoms with E-state index in [2.05, 4.69) is 5.10 Å². The first kappa shape index (κ1) is 15.0. The van der Waals surface area contributed by atoms with Crippen LogP contribution in [0, 0.1) is 23.3 Å². The van der Waals surface area contributed by atoms with E-state index in [4.69, 9.17) is 5.73 Å². The fourth-order valence-electron chi connectivity index (χ4n) is 1.64. The highest BCUT2D eigenvalue weighted by atomic mass is 19.2. The van der Waals surface area contributed by atoms with Crippen LogP contribution in [0.5, 0.6) is 0 Å². The summed E-state index contributed by atoms with van der Waals surface area (Å²) in [6, 6.07) is -1.26. The number of hydrogen-bond donors (Lipinski definition) is 2. The molecule has 1 heterocycles. The Morgan fingerprint density at radius 3 is 2.33 bits per heavy atom. The number of aryl methyl sites for hydroxylation is 1. The summed E-state index contributed by atoms with van der Waals surface area (Å²) in [5.74, 6) is -7.70. The van der Waals surface area contributed by atoms with Gasteiger partial charge in [-0.2, -0.15) is 5.10 Å². The van der Waals surface area contributed by atoms with Gasteiger partial charge in [-0.05, 0) is 0 Å². The van der Waals surface area contributed by atoms with Crippen LogP contribution >= 0.6 is 0 Å². The van der Waals surface area contributed by atoms with Crippen LogP contribution in [0.1, 0.15) is 11.6 Å². The maximum atomic E-state index is 13.4. The number of halogens is 4. The molecule has 0 aliphatic carbocycles. The molecule has 1 atom stereocenters. The average molecular weight is 302 g/mol. The minimum Gasteiger partial charge on any atom is -0.319 e. The minimum atomic E-state index is -1.71. The van der Waals surface area contributed by atoms with Crippen LogP contribution in [-0.2, 0) is 11.8 Å². The maximum absolute atomic E-state index is 13.4. The van der Waals surface area contributed by atoms with Crippen molar-refractivity contribution in [2.75, 3.05) is 5.32 Å². The summed E-state index contributed by atoms with van der Waals surface area (Å²) in [6.07, 6.45) is 2.70. The fourth-order valence-corrected chi connectivity index (χ4v) is 1.64. The van der Waals surface area contributed by atoms with Crippen LogP contribution < -0.4 is 11.1 Å². The van der Waals surface area contributed by atoms with Crippen LogP contribution in [0.2, 0.25) is 0 Å². The number of carbonyl (C=O) groups is 1. The Morgan fingerprint density at radius 2 is 1.86 bits per heavy atom. The largest absolute Gasteiger partial charge is 0.319 e. The van der Waals surface area contributed by atoms with Crippen LogP contribution in [-0.4, -0.2) is 15.7 Å². The molecule has 3 N–H and O–H groups in total. The van der Waals surface area contributed by atoms with Gasteiger partial charge in [0.05, 0.1) is 6.20 Å². The van der Waals surface area contributed by atoms with Gasteiger partial charge in [-0.25, -0.2) is 17.6 Å². The molecule has 2 aromatic rings. The first-order valence-electron chi connectivity index (χ1n) is 5.69. The molecule has 0 spiro atoms. The van der Waals surface area contributed by atoms with Gasteiger partial charge in [0.2, 0.25) is 5.91 Å². The van der Waals surface area contributed by atoms with Crippen molar-refractivity contribution in [2.24, 2.45) is 12.8 Å². The summed E-state index contributed by atoms with van der Waals surface area (Å²) < 4.78 is 54.2. The quantitative estimate of drug-likeness (QED) is 0.668. The third kappa shape index (κ3) is 2.87. The Balaban J connectivity index is 2.28. The zero-order valence-electron chi connectivity index (χ0n) is 10.7. The second kappa shape index (κ2) is 5.52. The molecule has 0 bridgehead atoms. The zero-order valence-corrected chi connectivity index (χ0v) is 10.7. The van der Waals surface area contributed by atoms with Gasteiger partial charge in [0.25, 0.3) is 0 Å². The Morgan fingerprint density at radius 1 is 1.29 bits per heavy atom. The van der Waals surface area contributed by atoms with Crippen molar-refractivity contribution >= 4 is 11.6 Å². The van der Waals surface area contributed by atoms with Crippen LogP contribution in [0.15, 0.2) is 18.5 Å². The molecule has 0 saturated carbocycles. The highest BCUT2D eigenvalue weighted by Crippen LogP contribution is 2.25. The van der Waals surface area contributed by atoms with E-state index in [9.17, 15) is 22.4 Å². The summed E-state index contributed by atoms with van der Waals surface area (Å²) >= 11 is 0. The van der Waals surface area contributed by atoms with E-state index >= 15 is 0 Å². The van der Waals surface area contributed by atoms with Gasteiger partial charge in [-0.1, -0.05) is 0 Å². The normalized spacial score (nSPS) is 12.3. The van der Waals surface area contributed by atoms with Crippen LogP contribution in [0.25, 0.3) is 0 Å². The molecular formula is C12H10F4N4O. The first-order chi connectivity index (χ1) is 9.81. The molecule has 9 heteroatoms. The van der Waals surface area contributed by atoms with Gasteiger partial charge < -0.3 is 11.1 Å².